The molecule has 1 saturated carbocycles. The molecule has 1 unspecified atom stereocenters. The molecule has 22 heavy (non-hydrogen) atoms. The van der Waals surface area contributed by atoms with E-state index in [-0.39, 0.29) is 23.6 Å². The van der Waals surface area contributed by atoms with Crippen LogP contribution in [0.25, 0.3) is 0 Å². The Morgan fingerprint density at radius 3 is 2.41 bits per heavy atom. The first-order chi connectivity index (χ1) is 10.5. The smallest absolute Gasteiger partial charge is 0.314 e. The number of hydrogen-bond donors (Lipinski definition) is 1. The lowest BCUT2D eigenvalue weighted by atomic mass is 9.87. The maximum Gasteiger partial charge on any atom is 0.314 e. The second kappa shape index (κ2) is 6.26. The van der Waals surface area contributed by atoms with Crippen molar-refractivity contribution in [3.05, 3.63) is 24.3 Å². The molecule has 3 rings (SSSR count). The molecule has 1 atom stereocenters. The molecule has 120 valence electrons. The van der Waals surface area contributed by atoms with Crippen molar-refractivity contribution in [1.29, 1.82) is 0 Å². The molecule has 0 aromatic heterocycles. The van der Waals surface area contributed by atoms with Crippen LogP contribution in [-0.4, -0.2) is 36.0 Å². The van der Waals surface area contributed by atoms with Crippen molar-refractivity contribution in [3.8, 4) is 11.5 Å². The number of esters is 1. The average molecular weight is 306 g/mol. The Balaban J connectivity index is 1.48. The summed E-state index contributed by atoms with van der Waals surface area (Å²) in [5, 5.41) is 9.47. The highest BCUT2D eigenvalue weighted by Crippen LogP contribution is 2.28. The van der Waals surface area contributed by atoms with E-state index < -0.39 is 0 Å². The highest BCUT2D eigenvalue weighted by Gasteiger charge is 2.40. The van der Waals surface area contributed by atoms with Gasteiger partial charge in [0.15, 0.2) is 0 Å². The molecule has 5 nitrogen and oxygen atoms in total. The van der Waals surface area contributed by atoms with Gasteiger partial charge < -0.3 is 19.3 Å². The van der Waals surface area contributed by atoms with Crippen molar-refractivity contribution in [2.24, 2.45) is 5.92 Å². The first-order valence-corrected chi connectivity index (χ1v) is 7.81. The summed E-state index contributed by atoms with van der Waals surface area (Å²) < 4.78 is 16.3. The molecule has 2 fully saturated rings. The first-order valence-electron chi connectivity index (χ1n) is 7.81. The van der Waals surface area contributed by atoms with Crippen LogP contribution in [0.3, 0.4) is 0 Å². The standard InChI is InChI=1S/C17H22O5/c1-17(11-21-17)10-20-14-6-8-15(9-7-14)22-16(19)12-2-4-13(18)5-3-12/h6-9,12-13,18H,2-5,10-11H2,1H3. The van der Waals surface area contributed by atoms with Gasteiger partial charge in [0.05, 0.1) is 18.6 Å². The van der Waals surface area contributed by atoms with Crippen LogP contribution in [0, 0.1) is 5.92 Å². The van der Waals surface area contributed by atoms with Gasteiger partial charge in [-0.3, -0.25) is 4.79 Å². The largest absolute Gasteiger partial charge is 0.490 e. The van der Waals surface area contributed by atoms with Gasteiger partial charge in [0, 0.05) is 0 Å². The van der Waals surface area contributed by atoms with E-state index in [1.165, 1.54) is 0 Å². The Labute approximate surface area is 130 Å². The van der Waals surface area contributed by atoms with Crippen molar-refractivity contribution < 1.29 is 24.1 Å². The number of rotatable bonds is 5. The molecule has 2 aliphatic rings. The van der Waals surface area contributed by atoms with Gasteiger partial charge in [0.1, 0.15) is 23.7 Å². The van der Waals surface area contributed by atoms with Crippen molar-refractivity contribution >= 4 is 5.97 Å². The Morgan fingerprint density at radius 2 is 1.82 bits per heavy atom. The topological polar surface area (TPSA) is 68.3 Å². The van der Waals surface area contributed by atoms with Crippen molar-refractivity contribution in [3.63, 3.8) is 0 Å². The molecule has 0 spiro atoms. The Hall–Kier alpha value is -1.59. The van der Waals surface area contributed by atoms with Crippen molar-refractivity contribution in [1.82, 2.24) is 0 Å². The van der Waals surface area contributed by atoms with E-state index in [0.717, 1.165) is 12.4 Å². The number of ether oxygens (including phenoxy) is 3. The minimum atomic E-state index is -0.266. The van der Waals surface area contributed by atoms with Crippen LogP contribution in [0.15, 0.2) is 24.3 Å². The molecule has 1 aliphatic carbocycles. The van der Waals surface area contributed by atoms with Crippen LogP contribution in [-0.2, 0) is 9.53 Å². The third kappa shape index (κ3) is 3.99. The molecule has 1 heterocycles. The second-order valence-electron chi connectivity index (χ2n) is 6.43. The summed E-state index contributed by atoms with van der Waals surface area (Å²) in [5.41, 5.74) is -0.142. The lowest BCUT2D eigenvalue weighted by Crippen LogP contribution is -2.27. The summed E-state index contributed by atoms with van der Waals surface area (Å²) in [6.07, 6.45) is 2.47. The Kier molecular flexibility index (Phi) is 4.36. The van der Waals surface area contributed by atoms with Crippen LogP contribution in [0.2, 0.25) is 0 Å². The highest BCUT2D eigenvalue weighted by molar-refractivity contribution is 5.75. The number of aliphatic hydroxyl groups excluding tert-OH is 1. The lowest BCUT2D eigenvalue weighted by Gasteiger charge is -2.23. The zero-order valence-corrected chi connectivity index (χ0v) is 12.8. The zero-order chi connectivity index (χ0) is 15.6. The van der Waals surface area contributed by atoms with Crippen LogP contribution in [0.5, 0.6) is 11.5 Å². The summed E-state index contributed by atoms with van der Waals surface area (Å²) in [7, 11) is 0. The van der Waals surface area contributed by atoms with E-state index >= 15 is 0 Å². The zero-order valence-electron chi connectivity index (χ0n) is 12.8. The van der Waals surface area contributed by atoms with Gasteiger partial charge in [-0.2, -0.15) is 0 Å². The minimum absolute atomic E-state index is 0.105. The van der Waals surface area contributed by atoms with Gasteiger partial charge in [0.2, 0.25) is 0 Å². The molecule has 1 aromatic carbocycles. The Morgan fingerprint density at radius 1 is 1.23 bits per heavy atom. The van der Waals surface area contributed by atoms with Crippen LogP contribution < -0.4 is 9.47 Å². The van der Waals surface area contributed by atoms with Gasteiger partial charge in [-0.05, 0) is 56.9 Å². The van der Waals surface area contributed by atoms with E-state index in [4.69, 9.17) is 14.2 Å². The van der Waals surface area contributed by atoms with Crippen LogP contribution in [0.4, 0.5) is 0 Å². The van der Waals surface area contributed by atoms with Crippen molar-refractivity contribution in [2.45, 2.75) is 44.3 Å². The molecular weight excluding hydrogens is 284 g/mol. The quantitative estimate of drug-likeness (QED) is 0.513. The third-order valence-electron chi connectivity index (χ3n) is 4.25. The fourth-order valence-electron chi connectivity index (χ4n) is 2.56. The maximum absolute atomic E-state index is 12.1. The average Bonchev–Trinajstić information content (AvgIpc) is 3.25. The summed E-state index contributed by atoms with van der Waals surface area (Å²) in [6, 6.07) is 7.06. The summed E-state index contributed by atoms with van der Waals surface area (Å²) in [6.45, 7) is 3.26. The number of epoxide rings is 1. The molecule has 1 aliphatic heterocycles. The van der Waals surface area contributed by atoms with Gasteiger partial charge in [-0.1, -0.05) is 0 Å². The number of carbonyl (C=O) groups is 1. The SMILES string of the molecule is CC1(COc2ccc(OC(=O)C3CCC(O)CC3)cc2)CO1. The fourth-order valence-corrected chi connectivity index (χ4v) is 2.56. The van der Waals surface area contributed by atoms with E-state index in [9.17, 15) is 9.90 Å². The van der Waals surface area contributed by atoms with E-state index in [0.29, 0.717) is 38.0 Å². The normalized spacial score (nSPS) is 30.6. The molecule has 0 radical (unpaired) electrons. The highest BCUT2D eigenvalue weighted by atomic mass is 16.6. The van der Waals surface area contributed by atoms with Crippen molar-refractivity contribution in [2.75, 3.05) is 13.2 Å². The minimum Gasteiger partial charge on any atom is -0.490 e. The van der Waals surface area contributed by atoms with Gasteiger partial charge in [-0.25, -0.2) is 0 Å². The monoisotopic (exact) mass is 306 g/mol. The molecule has 1 saturated heterocycles. The molecule has 5 heteroatoms. The molecule has 0 amide bonds. The predicted molar refractivity (Wildman–Crippen MR) is 79.9 cm³/mol. The number of benzene rings is 1. The number of aliphatic hydroxyl groups is 1. The third-order valence-corrected chi connectivity index (χ3v) is 4.25. The van der Waals surface area contributed by atoms with E-state index in [1.54, 1.807) is 24.3 Å². The van der Waals surface area contributed by atoms with Crippen LogP contribution in [0.1, 0.15) is 32.6 Å². The van der Waals surface area contributed by atoms with E-state index in [2.05, 4.69) is 0 Å². The Bertz CT molecular complexity index is 512. The predicted octanol–water partition coefficient (Wildman–Crippen LogP) is 2.31. The van der Waals surface area contributed by atoms with Gasteiger partial charge >= 0.3 is 5.97 Å². The second-order valence-corrected chi connectivity index (χ2v) is 6.43. The lowest BCUT2D eigenvalue weighted by molar-refractivity contribution is -0.140. The maximum atomic E-state index is 12.1. The van der Waals surface area contributed by atoms with Gasteiger partial charge in [-0.15, -0.1) is 0 Å². The summed E-state index contributed by atoms with van der Waals surface area (Å²) >= 11 is 0. The van der Waals surface area contributed by atoms with Crippen LogP contribution >= 0.6 is 0 Å². The summed E-state index contributed by atoms with van der Waals surface area (Å²) in [5.74, 6) is 0.945. The number of hydrogen-bond acceptors (Lipinski definition) is 5. The molecule has 0 bridgehead atoms. The fraction of sp³-hybridized carbons (Fsp3) is 0.588. The van der Waals surface area contributed by atoms with E-state index in [1.807, 2.05) is 6.92 Å². The van der Waals surface area contributed by atoms with Gasteiger partial charge in [0.25, 0.3) is 0 Å². The number of carbonyl (C=O) groups excluding carboxylic acids is 1. The molecule has 1 aromatic rings. The molecular formula is C17H22O5. The molecule has 1 N–H and O–H groups in total. The first kappa shape index (κ1) is 15.3. The summed E-state index contributed by atoms with van der Waals surface area (Å²) in [4.78, 5) is 12.1.